The van der Waals surface area contributed by atoms with Gasteiger partial charge in [-0.15, -0.1) is 0 Å². The van der Waals surface area contributed by atoms with E-state index in [9.17, 15) is 4.39 Å². The standard InChI is InChI=1S/C17H28FN3O3/c1-4-24-16-7-6-14(12-15(16)18)13-21-17(19-2)20-8-5-9-23-11-10-22-3/h6-7,12H,4-5,8-11,13H2,1-3H3,(H2,19,20,21). The summed E-state index contributed by atoms with van der Waals surface area (Å²) in [6.07, 6.45) is 0.863. The van der Waals surface area contributed by atoms with Crippen molar-refractivity contribution < 1.29 is 18.6 Å². The van der Waals surface area contributed by atoms with Gasteiger partial charge in [-0.1, -0.05) is 6.07 Å². The first-order valence-electron chi connectivity index (χ1n) is 8.13. The van der Waals surface area contributed by atoms with Crippen LogP contribution in [0, 0.1) is 5.82 Å². The van der Waals surface area contributed by atoms with E-state index in [0.29, 0.717) is 38.9 Å². The minimum absolute atomic E-state index is 0.275. The fourth-order valence-electron chi connectivity index (χ4n) is 1.96. The van der Waals surface area contributed by atoms with Crippen LogP contribution >= 0.6 is 0 Å². The third-order valence-corrected chi connectivity index (χ3v) is 3.17. The quantitative estimate of drug-likeness (QED) is 0.366. The second-order valence-corrected chi connectivity index (χ2v) is 5.01. The van der Waals surface area contributed by atoms with Gasteiger partial charge in [0.05, 0.1) is 19.8 Å². The van der Waals surface area contributed by atoms with E-state index in [2.05, 4.69) is 15.6 Å². The van der Waals surface area contributed by atoms with Gasteiger partial charge in [0.25, 0.3) is 0 Å². The van der Waals surface area contributed by atoms with E-state index in [1.165, 1.54) is 6.07 Å². The number of ether oxygens (including phenoxy) is 3. The molecule has 2 N–H and O–H groups in total. The molecule has 0 spiro atoms. The number of guanidine groups is 1. The summed E-state index contributed by atoms with van der Waals surface area (Å²) < 4.78 is 29.3. The highest BCUT2D eigenvalue weighted by atomic mass is 19.1. The third kappa shape index (κ3) is 8.12. The van der Waals surface area contributed by atoms with E-state index in [1.807, 2.05) is 13.0 Å². The van der Waals surface area contributed by atoms with Gasteiger partial charge in [-0.25, -0.2) is 4.39 Å². The van der Waals surface area contributed by atoms with Crippen molar-refractivity contribution in [2.45, 2.75) is 19.9 Å². The van der Waals surface area contributed by atoms with Crippen LogP contribution in [0.5, 0.6) is 5.75 Å². The van der Waals surface area contributed by atoms with Gasteiger partial charge in [0.1, 0.15) is 0 Å². The van der Waals surface area contributed by atoms with Gasteiger partial charge in [0.15, 0.2) is 17.5 Å². The number of aliphatic imine (C=N–C) groups is 1. The normalized spacial score (nSPS) is 11.4. The Bertz CT molecular complexity index is 498. The average Bonchev–Trinajstić information content (AvgIpc) is 2.59. The molecular weight excluding hydrogens is 313 g/mol. The summed E-state index contributed by atoms with van der Waals surface area (Å²) in [6, 6.07) is 4.94. The van der Waals surface area contributed by atoms with E-state index in [4.69, 9.17) is 14.2 Å². The first-order valence-corrected chi connectivity index (χ1v) is 8.13. The SMILES string of the molecule is CCOc1ccc(CNC(=NC)NCCCOCCOC)cc1F. The molecule has 0 unspecified atom stereocenters. The summed E-state index contributed by atoms with van der Waals surface area (Å²) in [4.78, 5) is 4.13. The number of halogens is 1. The van der Waals surface area contributed by atoms with Gasteiger partial charge in [-0.05, 0) is 31.0 Å². The van der Waals surface area contributed by atoms with Gasteiger partial charge in [-0.2, -0.15) is 0 Å². The number of nitrogens with one attached hydrogen (secondary N) is 2. The molecule has 0 saturated carbocycles. The van der Waals surface area contributed by atoms with Crippen LogP contribution in [0.4, 0.5) is 4.39 Å². The zero-order valence-electron chi connectivity index (χ0n) is 14.7. The predicted molar refractivity (Wildman–Crippen MR) is 93.1 cm³/mol. The monoisotopic (exact) mass is 341 g/mol. The van der Waals surface area contributed by atoms with Gasteiger partial charge >= 0.3 is 0 Å². The lowest BCUT2D eigenvalue weighted by Gasteiger charge is -2.12. The molecule has 136 valence electrons. The Labute approximate surface area is 143 Å². The first-order chi connectivity index (χ1) is 11.7. The lowest BCUT2D eigenvalue weighted by molar-refractivity contribution is 0.0698. The van der Waals surface area contributed by atoms with E-state index >= 15 is 0 Å². The van der Waals surface area contributed by atoms with Crippen LogP contribution in [0.25, 0.3) is 0 Å². The van der Waals surface area contributed by atoms with Crippen molar-refractivity contribution in [1.82, 2.24) is 10.6 Å². The molecule has 0 aliphatic heterocycles. The van der Waals surface area contributed by atoms with Crippen molar-refractivity contribution in [3.63, 3.8) is 0 Å². The van der Waals surface area contributed by atoms with Crippen LogP contribution in [-0.4, -0.2) is 53.1 Å². The maximum Gasteiger partial charge on any atom is 0.191 e. The molecule has 7 heteroatoms. The highest BCUT2D eigenvalue weighted by Gasteiger charge is 2.05. The number of hydrogen-bond acceptors (Lipinski definition) is 4. The van der Waals surface area contributed by atoms with Gasteiger partial charge in [0, 0.05) is 33.9 Å². The van der Waals surface area contributed by atoms with E-state index in [0.717, 1.165) is 18.5 Å². The summed E-state index contributed by atoms with van der Waals surface area (Å²) in [7, 11) is 3.35. The smallest absolute Gasteiger partial charge is 0.191 e. The Balaban J connectivity index is 2.27. The highest BCUT2D eigenvalue weighted by molar-refractivity contribution is 5.79. The summed E-state index contributed by atoms with van der Waals surface area (Å²) >= 11 is 0. The number of benzene rings is 1. The number of nitrogens with zero attached hydrogens (tertiary/aromatic N) is 1. The molecule has 0 radical (unpaired) electrons. The molecule has 1 rings (SSSR count). The van der Waals surface area contributed by atoms with Crippen molar-refractivity contribution in [3.8, 4) is 5.75 Å². The lowest BCUT2D eigenvalue weighted by Crippen LogP contribution is -2.37. The highest BCUT2D eigenvalue weighted by Crippen LogP contribution is 2.18. The van der Waals surface area contributed by atoms with E-state index in [1.54, 1.807) is 20.2 Å². The van der Waals surface area contributed by atoms with Crippen LogP contribution < -0.4 is 15.4 Å². The topological polar surface area (TPSA) is 64.1 Å². The molecule has 0 aromatic heterocycles. The Kier molecular flexibility index (Phi) is 10.6. The summed E-state index contributed by atoms with van der Waals surface area (Å²) in [5.41, 5.74) is 0.821. The molecule has 0 aliphatic carbocycles. The molecule has 0 saturated heterocycles. The van der Waals surface area contributed by atoms with Crippen LogP contribution in [0.2, 0.25) is 0 Å². The fourth-order valence-corrected chi connectivity index (χ4v) is 1.96. The number of rotatable bonds is 11. The van der Waals surface area contributed by atoms with Crippen molar-refractivity contribution in [3.05, 3.63) is 29.6 Å². The molecule has 1 aromatic carbocycles. The predicted octanol–water partition coefficient (Wildman–Crippen LogP) is 1.94. The molecule has 0 fully saturated rings. The third-order valence-electron chi connectivity index (χ3n) is 3.17. The largest absolute Gasteiger partial charge is 0.491 e. The lowest BCUT2D eigenvalue weighted by atomic mass is 10.2. The minimum Gasteiger partial charge on any atom is -0.491 e. The van der Waals surface area contributed by atoms with Crippen LogP contribution in [0.1, 0.15) is 18.9 Å². The maximum atomic E-state index is 13.8. The van der Waals surface area contributed by atoms with Crippen molar-refractivity contribution >= 4 is 5.96 Å². The average molecular weight is 341 g/mol. The molecular formula is C17H28FN3O3. The second kappa shape index (κ2) is 12.5. The molecule has 0 bridgehead atoms. The van der Waals surface area contributed by atoms with Crippen LogP contribution in [0.3, 0.4) is 0 Å². The Morgan fingerprint density at radius 3 is 2.71 bits per heavy atom. The van der Waals surface area contributed by atoms with Crippen molar-refractivity contribution in [2.24, 2.45) is 4.99 Å². The van der Waals surface area contributed by atoms with Gasteiger partial charge in [0.2, 0.25) is 0 Å². The Morgan fingerprint density at radius 1 is 1.21 bits per heavy atom. The fraction of sp³-hybridized carbons (Fsp3) is 0.588. The first kappa shape index (κ1) is 20.2. The second-order valence-electron chi connectivity index (χ2n) is 5.01. The number of hydrogen-bond donors (Lipinski definition) is 2. The van der Waals surface area contributed by atoms with E-state index < -0.39 is 0 Å². The summed E-state index contributed by atoms with van der Waals surface area (Å²) in [6.45, 7) is 5.37. The van der Waals surface area contributed by atoms with Crippen molar-refractivity contribution in [1.29, 1.82) is 0 Å². The number of methoxy groups -OCH3 is 1. The van der Waals surface area contributed by atoms with Crippen LogP contribution in [-0.2, 0) is 16.0 Å². The van der Waals surface area contributed by atoms with Gasteiger partial charge in [-0.3, -0.25) is 4.99 Å². The van der Waals surface area contributed by atoms with Crippen LogP contribution in [0.15, 0.2) is 23.2 Å². The Morgan fingerprint density at radius 2 is 2.04 bits per heavy atom. The zero-order valence-corrected chi connectivity index (χ0v) is 14.7. The zero-order chi connectivity index (χ0) is 17.6. The maximum absolute atomic E-state index is 13.8. The van der Waals surface area contributed by atoms with Crippen molar-refractivity contribution in [2.75, 3.05) is 47.1 Å². The molecule has 0 heterocycles. The molecule has 0 amide bonds. The Hall–Kier alpha value is -1.86. The summed E-state index contributed by atoms with van der Waals surface area (Å²) in [5, 5.41) is 6.33. The molecule has 1 aromatic rings. The summed E-state index contributed by atoms with van der Waals surface area (Å²) in [5.74, 6) is 0.589. The molecule has 24 heavy (non-hydrogen) atoms. The van der Waals surface area contributed by atoms with E-state index in [-0.39, 0.29) is 11.6 Å². The molecule has 0 atom stereocenters. The molecule has 6 nitrogen and oxygen atoms in total. The minimum atomic E-state index is -0.354. The van der Waals surface area contributed by atoms with Gasteiger partial charge < -0.3 is 24.8 Å². The molecule has 0 aliphatic rings.